The molecule has 1 saturated heterocycles. The van der Waals surface area contributed by atoms with Crippen molar-refractivity contribution in [1.82, 2.24) is 4.98 Å². The van der Waals surface area contributed by atoms with E-state index >= 15 is 0 Å². The van der Waals surface area contributed by atoms with Crippen LogP contribution in [0.25, 0.3) is 0 Å². The van der Waals surface area contributed by atoms with Crippen LogP contribution in [0.1, 0.15) is 23.7 Å². The third-order valence-corrected chi connectivity index (χ3v) is 2.77. The topological polar surface area (TPSA) is 73.7 Å². The Morgan fingerprint density at radius 1 is 1.62 bits per heavy atom. The Kier molecular flexibility index (Phi) is 2.55. The number of aromatic nitrogens is 1. The molecule has 2 heterocycles. The lowest BCUT2D eigenvalue weighted by atomic mass is 10.1. The van der Waals surface area contributed by atoms with Crippen molar-refractivity contribution >= 4 is 11.8 Å². The molecule has 2 N–H and O–H groups in total. The highest BCUT2D eigenvalue weighted by molar-refractivity contribution is 5.88. The molecule has 1 aliphatic rings. The maximum absolute atomic E-state index is 10.8. The van der Waals surface area contributed by atoms with Gasteiger partial charge in [0.25, 0.3) is 0 Å². The second kappa shape index (κ2) is 3.75. The summed E-state index contributed by atoms with van der Waals surface area (Å²) in [6, 6.07) is 2.99. The number of β-amino-alcohol motifs (C(OH)–C–C–N with tert-alkyl or cyclic N) is 1. The van der Waals surface area contributed by atoms with Crippen LogP contribution in [0.4, 0.5) is 5.82 Å². The quantitative estimate of drug-likeness (QED) is 0.772. The highest BCUT2D eigenvalue weighted by Gasteiger charge is 2.32. The van der Waals surface area contributed by atoms with Gasteiger partial charge in [0.2, 0.25) is 0 Å². The fourth-order valence-corrected chi connectivity index (χ4v) is 1.87. The zero-order valence-electron chi connectivity index (χ0n) is 9.05. The average molecular weight is 222 g/mol. The fourth-order valence-electron chi connectivity index (χ4n) is 1.87. The van der Waals surface area contributed by atoms with Crippen molar-refractivity contribution in [3.8, 4) is 0 Å². The third kappa shape index (κ3) is 2.14. The molecule has 0 spiro atoms. The largest absolute Gasteiger partial charge is 0.478 e. The predicted octanol–water partition coefficient (Wildman–Crippen LogP) is 0.741. The van der Waals surface area contributed by atoms with Gasteiger partial charge in [0.05, 0.1) is 11.2 Å². The minimum atomic E-state index is -0.963. The molecule has 0 radical (unpaired) electrons. The van der Waals surface area contributed by atoms with E-state index < -0.39 is 11.6 Å². The smallest absolute Gasteiger partial charge is 0.335 e. The van der Waals surface area contributed by atoms with E-state index in [1.54, 1.807) is 6.92 Å². The molecule has 1 unspecified atom stereocenters. The Bertz CT molecular complexity index is 417. The number of anilines is 1. The Balaban J connectivity index is 2.22. The van der Waals surface area contributed by atoms with Crippen LogP contribution in [0.3, 0.4) is 0 Å². The number of carboxylic acids is 1. The molecule has 0 amide bonds. The van der Waals surface area contributed by atoms with Gasteiger partial charge in [-0.2, -0.15) is 0 Å². The second-order valence-corrected chi connectivity index (χ2v) is 4.38. The molecule has 0 saturated carbocycles. The highest BCUT2D eigenvalue weighted by atomic mass is 16.4. The Morgan fingerprint density at radius 3 is 2.94 bits per heavy atom. The number of rotatable bonds is 2. The first-order valence-electron chi connectivity index (χ1n) is 5.15. The van der Waals surface area contributed by atoms with Gasteiger partial charge in [-0.3, -0.25) is 0 Å². The van der Waals surface area contributed by atoms with E-state index in [4.69, 9.17) is 5.11 Å². The molecule has 1 aromatic rings. The average Bonchev–Trinajstić information content (AvgIpc) is 2.59. The van der Waals surface area contributed by atoms with Crippen molar-refractivity contribution in [2.24, 2.45) is 0 Å². The van der Waals surface area contributed by atoms with E-state index in [0.29, 0.717) is 25.3 Å². The van der Waals surface area contributed by atoms with E-state index in [0.717, 1.165) is 0 Å². The van der Waals surface area contributed by atoms with Crippen molar-refractivity contribution < 1.29 is 15.0 Å². The number of nitrogens with zero attached hydrogens (tertiary/aromatic N) is 2. The summed E-state index contributed by atoms with van der Waals surface area (Å²) in [6.07, 6.45) is 2.15. The molecular weight excluding hydrogens is 208 g/mol. The van der Waals surface area contributed by atoms with Gasteiger partial charge < -0.3 is 15.1 Å². The van der Waals surface area contributed by atoms with E-state index in [1.807, 2.05) is 4.90 Å². The zero-order valence-corrected chi connectivity index (χ0v) is 9.05. The molecule has 1 atom stereocenters. The van der Waals surface area contributed by atoms with E-state index in [1.165, 1.54) is 18.3 Å². The normalized spacial score (nSPS) is 24.8. The van der Waals surface area contributed by atoms with E-state index in [9.17, 15) is 9.90 Å². The molecule has 5 nitrogen and oxygen atoms in total. The molecule has 1 aliphatic heterocycles. The van der Waals surface area contributed by atoms with Gasteiger partial charge >= 0.3 is 5.97 Å². The van der Waals surface area contributed by atoms with Gasteiger partial charge in [-0.05, 0) is 25.5 Å². The first-order chi connectivity index (χ1) is 7.48. The molecule has 2 rings (SSSR count). The lowest BCUT2D eigenvalue weighted by molar-refractivity contribution is 0.0696. The van der Waals surface area contributed by atoms with Crippen LogP contribution >= 0.6 is 0 Å². The minimum absolute atomic E-state index is 0.219. The van der Waals surface area contributed by atoms with Crippen LogP contribution in [0.5, 0.6) is 0 Å². The Hall–Kier alpha value is -1.62. The summed E-state index contributed by atoms with van der Waals surface area (Å²) in [4.78, 5) is 16.8. The number of pyridine rings is 1. The van der Waals surface area contributed by atoms with Crippen molar-refractivity contribution in [2.75, 3.05) is 18.0 Å². The fraction of sp³-hybridized carbons (Fsp3) is 0.455. The molecule has 86 valence electrons. The molecule has 0 bridgehead atoms. The van der Waals surface area contributed by atoms with Crippen LogP contribution in [0.2, 0.25) is 0 Å². The van der Waals surface area contributed by atoms with Gasteiger partial charge in [0.1, 0.15) is 5.82 Å². The summed E-state index contributed by atoms with van der Waals surface area (Å²) in [6.45, 7) is 2.96. The lowest BCUT2D eigenvalue weighted by Gasteiger charge is -2.19. The number of hydrogen-bond donors (Lipinski definition) is 2. The standard InChI is InChI=1S/C11H14N2O3/c1-11(16)3-5-13(7-11)9-6-8(10(14)15)2-4-12-9/h2,4,6,16H,3,5,7H2,1H3,(H,14,15). The molecule has 0 aromatic carbocycles. The summed E-state index contributed by atoms with van der Waals surface area (Å²) in [5, 5.41) is 18.7. The molecular formula is C11H14N2O3. The monoisotopic (exact) mass is 222 g/mol. The Morgan fingerprint density at radius 2 is 2.38 bits per heavy atom. The number of aromatic carboxylic acids is 1. The number of carbonyl (C=O) groups is 1. The van der Waals surface area contributed by atoms with Crippen molar-refractivity contribution in [1.29, 1.82) is 0 Å². The maximum Gasteiger partial charge on any atom is 0.335 e. The summed E-state index contributed by atoms with van der Waals surface area (Å²) in [7, 11) is 0. The second-order valence-electron chi connectivity index (χ2n) is 4.38. The van der Waals surface area contributed by atoms with Gasteiger partial charge in [-0.15, -0.1) is 0 Å². The summed E-state index contributed by atoms with van der Waals surface area (Å²) in [5.74, 6) is -0.354. The SMILES string of the molecule is CC1(O)CCN(c2cc(C(=O)O)ccn2)C1. The van der Waals surface area contributed by atoms with Crippen molar-refractivity contribution in [3.05, 3.63) is 23.9 Å². The predicted molar refractivity (Wildman–Crippen MR) is 58.7 cm³/mol. The van der Waals surface area contributed by atoms with Crippen LogP contribution in [-0.2, 0) is 0 Å². The first-order valence-corrected chi connectivity index (χ1v) is 5.15. The molecule has 0 aliphatic carbocycles. The zero-order chi connectivity index (χ0) is 11.8. The van der Waals surface area contributed by atoms with Crippen molar-refractivity contribution in [3.63, 3.8) is 0 Å². The summed E-state index contributed by atoms with van der Waals surface area (Å²) < 4.78 is 0. The third-order valence-electron chi connectivity index (χ3n) is 2.77. The number of aliphatic hydroxyl groups is 1. The van der Waals surface area contributed by atoms with Crippen LogP contribution < -0.4 is 4.90 Å². The van der Waals surface area contributed by atoms with Gasteiger partial charge in [0.15, 0.2) is 0 Å². The molecule has 16 heavy (non-hydrogen) atoms. The van der Waals surface area contributed by atoms with Gasteiger partial charge in [-0.1, -0.05) is 0 Å². The minimum Gasteiger partial charge on any atom is -0.478 e. The molecule has 1 fully saturated rings. The maximum atomic E-state index is 10.8. The van der Waals surface area contributed by atoms with Crippen molar-refractivity contribution in [2.45, 2.75) is 18.9 Å². The Labute approximate surface area is 93.3 Å². The first kappa shape index (κ1) is 10.9. The van der Waals surface area contributed by atoms with E-state index in [-0.39, 0.29) is 5.56 Å². The number of carboxylic acid groups (broad SMARTS) is 1. The summed E-state index contributed by atoms with van der Waals surface area (Å²) in [5.41, 5.74) is -0.488. The van der Waals surface area contributed by atoms with E-state index in [2.05, 4.69) is 4.98 Å². The molecule has 1 aromatic heterocycles. The van der Waals surface area contributed by atoms with Crippen LogP contribution in [0, 0.1) is 0 Å². The number of hydrogen-bond acceptors (Lipinski definition) is 4. The highest BCUT2D eigenvalue weighted by Crippen LogP contribution is 2.25. The van der Waals surface area contributed by atoms with Crippen LogP contribution in [-0.4, -0.2) is 39.9 Å². The van der Waals surface area contributed by atoms with Gasteiger partial charge in [-0.25, -0.2) is 9.78 Å². The van der Waals surface area contributed by atoms with Gasteiger partial charge in [0, 0.05) is 19.3 Å². The lowest BCUT2D eigenvalue weighted by Crippen LogP contribution is -2.30. The van der Waals surface area contributed by atoms with Crippen LogP contribution in [0.15, 0.2) is 18.3 Å². The summed E-state index contributed by atoms with van der Waals surface area (Å²) >= 11 is 0. The molecule has 5 heteroatoms.